The van der Waals surface area contributed by atoms with E-state index < -0.39 is 0 Å². The van der Waals surface area contributed by atoms with Gasteiger partial charge in [-0.2, -0.15) is 0 Å². The molecule has 1 aliphatic carbocycles. The normalized spacial score (nSPS) is 18.1. The number of hydrogen-bond acceptors (Lipinski definition) is 0. The third-order valence-corrected chi connectivity index (χ3v) is 3.72. The quantitative estimate of drug-likeness (QED) is 0.675. The molecule has 0 aliphatic heterocycles. The number of alkyl halides is 1. The van der Waals surface area contributed by atoms with Crippen LogP contribution in [0.5, 0.6) is 0 Å². The summed E-state index contributed by atoms with van der Waals surface area (Å²) in [5, 5.41) is 1.22. The molecule has 0 radical (unpaired) electrons. The van der Waals surface area contributed by atoms with Crippen molar-refractivity contribution in [3.05, 3.63) is 34.9 Å². The number of aryl methyl sites for hydroxylation is 1. The summed E-state index contributed by atoms with van der Waals surface area (Å²) in [6.07, 6.45) is 4.69. The first-order valence-corrected chi connectivity index (χ1v) is 5.96. The molecule has 76 valence electrons. The average molecular weight is 229 g/mol. The third kappa shape index (κ3) is 2.65. The van der Waals surface area contributed by atoms with Crippen LogP contribution < -0.4 is 0 Å². The van der Waals surface area contributed by atoms with Crippen molar-refractivity contribution < 1.29 is 0 Å². The average Bonchev–Trinajstić information content (AvgIpc) is 2.99. The SMILES string of the molecule is Clc1ccccc1CCC(Cl)C1CC1. The first-order valence-electron chi connectivity index (χ1n) is 5.15. The van der Waals surface area contributed by atoms with Crippen LogP contribution in [0.4, 0.5) is 0 Å². The van der Waals surface area contributed by atoms with Crippen LogP contribution in [-0.2, 0) is 6.42 Å². The van der Waals surface area contributed by atoms with E-state index in [0.717, 1.165) is 23.8 Å². The van der Waals surface area contributed by atoms with Crippen molar-refractivity contribution in [3.63, 3.8) is 0 Å². The highest BCUT2D eigenvalue weighted by Gasteiger charge is 2.29. The molecule has 14 heavy (non-hydrogen) atoms. The van der Waals surface area contributed by atoms with Crippen LogP contribution in [0.2, 0.25) is 5.02 Å². The molecule has 2 rings (SSSR count). The van der Waals surface area contributed by atoms with Gasteiger partial charge in [-0.25, -0.2) is 0 Å². The first-order chi connectivity index (χ1) is 6.77. The maximum Gasteiger partial charge on any atom is 0.0437 e. The van der Waals surface area contributed by atoms with Gasteiger partial charge in [-0.15, -0.1) is 11.6 Å². The fraction of sp³-hybridized carbons (Fsp3) is 0.500. The molecule has 0 heterocycles. The van der Waals surface area contributed by atoms with Crippen LogP contribution in [-0.4, -0.2) is 5.38 Å². The van der Waals surface area contributed by atoms with E-state index in [1.807, 2.05) is 18.2 Å². The molecular formula is C12H14Cl2. The van der Waals surface area contributed by atoms with Crippen LogP contribution in [0.1, 0.15) is 24.8 Å². The number of benzene rings is 1. The zero-order valence-corrected chi connectivity index (χ0v) is 9.56. The molecule has 1 saturated carbocycles. The Hall–Kier alpha value is -0.200. The van der Waals surface area contributed by atoms with E-state index in [-0.39, 0.29) is 0 Å². The van der Waals surface area contributed by atoms with Gasteiger partial charge in [-0.1, -0.05) is 29.8 Å². The molecule has 0 aromatic heterocycles. The Labute approximate surface area is 95.2 Å². The van der Waals surface area contributed by atoms with Gasteiger partial charge in [-0.05, 0) is 43.2 Å². The summed E-state index contributed by atoms with van der Waals surface area (Å²) in [5.41, 5.74) is 1.22. The summed E-state index contributed by atoms with van der Waals surface area (Å²) in [4.78, 5) is 0. The lowest BCUT2D eigenvalue weighted by Gasteiger charge is -2.08. The molecule has 0 amide bonds. The van der Waals surface area contributed by atoms with Crippen molar-refractivity contribution in [2.75, 3.05) is 0 Å². The van der Waals surface area contributed by atoms with Crippen LogP contribution in [0.25, 0.3) is 0 Å². The Morgan fingerprint density at radius 3 is 2.64 bits per heavy atom. The second-order valence-electron chi connectivity index (χ2n) is 3.98. The monoisotopic (exact) mass is 228 g/mol. The van der Waals surface area contributed by atoms with Crippen molar-refractivity contribution in [2.24, 2.45) is 5.92 Å². The van der Waals surface area contributed by atoms with Gasteiger partial charge in [0.1, 0.15) is 0 Å². The van der Waals surface area contributed by atoms with Crippen molar-refractivity contribution in [1.82, 2.24) is 0 Å². The van der Waals surface area contributed by atoms with Gasteiger partial charge in [0.2, 0.25) is 0 Å². The zero-order valence-electron chi connectivity index (χ0n) is 8.05. The van der Waals surface area contributed by atoms with Gasteiger partial charge in [-0.3, -0.25) is 0 Å². The van der Waals surface area contributed by atoms with E-state index in [9.17, 15) is 0 Å². The van der Waals surface area contributed by atoms with Gasteiger partial charge in [0.25, 0.3) is 0 Å². The molecule has 1 fully saturated rings. The molecule has 0 saturated heterocycles. The Bertz CT molecular complexity index is 305. The second kappa shape index (κ2) is 4.55. The molecular weight excluding hydrogens is 215 g/mol. The Kier molecular flexibility index (Phi) is 3.35. The predicted molar refractivity (Wildman–Crippen MR) is 62.1 cm³/mol. The van der Waals surface area contributed by atoms with Crippen LogP contribution >= 0.6 is 23.2 Å². The van der Waals surface area contributed by atoms with E-state index in [0.29, 0.717) is 5.38 Å². The summed E-state index contributed by atoms with van der Waals surface area (Å²) in [5.74, 6) is 0.777. The van der Waals surface area contributed by atoms with Crippen LogP contribution in [0, 0.1) is 5.92 Å². The minimum Gasteiger partial charge on any atom is -0.123 e. The number of hydrogen-bond donors (Lipinski definition) is 0. The van der Waals surface area contributed by atoms with Gasteiger partial charge >= 0.3 is 0 Å². The predicted octanol–water partition coefficient (Wildman–Crippen LogP) is 4.29. The van der Waals surface area contributed by atoms with Gasteiger partial charge in [0.05, 0.1) is 0 Å². The summed E-state index contributed by atoms with van der Waals surface area (Å²) in [7, 11) is 0. The lowest BCUT2D eigenvalue weighted by atomic mass is 10.1. The smallest absolute Gasteiger partial charge is 0.0437 e. The highest BCUT2D eigenvalue weighted by Crippen LogP contribution is 2.37. The summed E-state index contributed by atoms with van der Waals surface area (Å²) < 4.78 is 0. The van der Waals surface area contributed by atoms with E-state index in [1.165, 1.54) is 18.4 Å². The van der Waals surface area contributed by atoms with Crippen molar-refractivity contribution in [3.8, 4) is 0 Å². The van der Waals surface area contributed by atoms with Gasteiger partial charge in [0.15, 0.2) is 0 Å². The number of halogens is 2. The van der Waals surface area contributed by atoms with Crippen molar-refractivity contribution >= 4 is 23.2 Å². The van der Waals surface area contributed by atoms with Gasteiger partial charge in [0, 0.05) is 10.4 Å². The molecule has 1 unspecified atom stereocenters. The minimum atomic E-state index is 0.353. The summed E-state index contributed by atoms with van der Waals surface area (Å²) in [6.45, 7) is 0. The van der Waals surface area contributed by atoms with Gasteiger partial charge < -0.3 is 0 Å². The summed E-state index contributed by atoms with van der Waals surface area (Å²) >= 11 is 12.3. The molecule has 1 aromatic carbocycles. The lowest BCUT2D eigenvalue weighted by molar-refractivity contribution is 0.676. The van der Waals surface area contributed by atoms with E-state index >= 15 is 0 Å². The second-order valence-corrected chi connectivity index (χ2v) is 4.95. The highest BCUT2D eigenvalue weighted by atomic mass is 35.5. The molecule has 0 nitrogen and oxygen atoms in total. The van der Waals surface area contributed by atoms with Crippen molar-refractivity contribution in [2.45, 2.75) is 31.1 Å². The Balaban J connectivity index is 1.87. The number of rotatable bonds is 4. The Morgan fingerprint density at radius 2 is 2.00 bits per heavy atom. The lowest BCUT2D eigenvalue weighted by Crippen LogP contribution is -2.03. The maximum absolute atomic E-state index is 6.24. The molecule has 2 heteroatoms. The molecule has 1 aromatic rings. The molecule has 1 aliphatic rings. The topological polar surface area (TPSA) is 0 Å². The van der Waals surface area contributed by atoms with E-state index in [1.54, 1.807) is 0 Å². The minimum absolute atomic E-state index is 0.353. The fourth-order valence-corrected chi connectivity index (χ4v) is 2.28. The molecule has 0 spiro atoms. The fourth-order valence-electron chi connectivity index (χ4n) is 1.69. The van der Waals surface area contributed by atoms with Crippen LogP contribution in [0.15, 0.2) is 24.3 Å². The third-order valence-electron chi connectivity index (χ3n) is 2.78. The molecule has 0 N–H and O–H groups in total. The zero-order chi connectivity index (χ0) is 9.97. The van der Waals surface area contributed by atoms with Crippen molar-refractivity contribution in [1.29, 1.82) is 0 Å². The summed E-state index contributed by atoms with van der Waals surface area (Å²) in [6, 6.07) is 8.02. The maximum atomic E-state index is 6.24. The standard InChI is InChI=1S/C12H14Cl2/c13-11-4-2-1-3-9(11)7-8-12(14)10-5-6-10/h1-4,10,12H,5-8H2. The van der Waals surface area contributed by atoms with E-state index in [4.69, 9.17) is 23.2 Å². The van der Waals surface area contributed by atoms with Crippen LogP contribution in [0.3, 0.4) is 0 Å². The first kappa shape index (κ1) is 10.3. The largest absolute Gasteiger partial charge is 0.123 e. The Morgan fingerprint density at radius 1 is 1.29 bits per heavy atom. The molecule has 0 bridgehead atoms. The molecule has 1 atom stereocenters. The van der Waals surface area contributed by atoms with E-state index in [2.05, 4.69) is 6.07 Å². The highest BCUT2D eigenvalue weighted by molar-refractivity contribution is 6.31.